The van der Waals surface area contributed by atoms with Crippen molar-refractivity contribution < 1.29 is 14.7 Å². The van der Waals surface area contributed by atoms with Crippen molar-refractivity contribution in [2.45, 2.75) is 20.8 Å². The van der Waals surface area contributed by atoms with E-state index in [0.717, 1.165) is 9.95 Å². The minimum absolute atomic E-state index is 0.00235. The number of rotatable bonds is 1. The largest absolute Gasteiger partial charge is 0.464 e. The van der Waals surface area contributed by atoms with Gasteiger partial charge in [0.1, 0.15) is 0 Å². The second kappa shape index (κ2) is 3.98. The molecule has 4 heteroatoms. The van der Waals surface area contributed by atoms with E-state index < -0.39 is 11.5 Å². The number of carbonyl (C=O) groups is 2. The van der Waals surface area contributed by atoms with Crippen LogP contribution >= 0.6 is 0 Å². The second-order valence-electron chi connectivity index (χ2n) is 5.32. The highest BCUT2D eigenvalue weighted by Gasteiger charge is 2.23. The molecule has 0 radical (unpaired) electrons. The first-order valence-corrected chi connectivity index (χ1v) is 5.70. The molecule has 0 atom stereocenters. The Bertz CT molecular complexity index is 632. The minimum Gasteiger partial charge on any atom is -0.464 e. The number of carbonyl (C=O) groups excluding carboxylic acids is 1. The maximum Gasteiger partial charge on any atom is 0.415 e. The zero-order chi connectivity index (χ0) is 13.5. The maximum atomic E-state index is 12.2. The Morgan fingerprint density at radius 2 is 1.83 bits per heavy atom. The molecule has 1 heterocycles. The van der Waals surface area contributed by atoms with Crippen molar-refractivity contribution >= 4 is 22.8 Å². The third-order valence-electron chi connectivity index (χ3n) is 2.84. The highest BCUT2D eigenvalue weighted by molar-refractivity contribution is 6.03. The monoisotopic (exact) mass is 245 g/mol. The molecule has 0 unspecified atom stereocenters. The summed E-state index contributed by atoms with van der Waals surface area (Å²) in [4.78, 5) is 23.2. The number of benzene rings is 1. The smallest absolute Gasteiger partial charge is 0.415 e. The molecule has 0 aliphatic heterocycles. The molecule has 1 aromatic carbocycles. The van der Waals surface area contributed by atoms with Gasteiger partial charge in [0, 0.05) is 22.6 Å². The summed E-state index contributed by atoms with van der Waals surface area (Å²) in [6, 6.07) is 6.86. The van der Waals surface area contributed by atoms with Gasteiger partial charge in [0.05, 0.1) is 5.52 Å². The van der Waals surface area contributed by atoms with Crippen molar-refractivity contribution in [3.63, 3.8) is 0 Å². The molecule has 4 nitrogen and oxygen atoms in total. The highest BCUT2D eigenvalue weighted by atomic mass is 16.4. The van der Waals surface area contributed by atoms with Gasteiger partial charge in [-0.3, -0.25) is 9.36 Å². The van der Waals surface area contributed by atoms with Crippen molar-refractivity contribution in [2.24, 2.45) is 5.41 Å². The predicted octanol–water partition coefficient (Wildman–Crippen LogP) is 3.40. The van der Waals surface area contributed by atoms with Crippen molar-refractivity contribution in [3.8, 4) is 0 Å². The lowest BCUT2D eigenvalue weighted by molar-refractivity contribution is 0.0858. The molecule has 0 bridgehead atoms. The zero-order valence-electron chi connectivity index (χ0n) is 10.6. The Labute approximate surface area is 105 Å². The van der Waals surface area contributed by atoms with Crippen LogP contribution in [-0.4, -0.2) is 21.6 Å². The lowest BCUT2D eigenvalue weighted by Crippen LogP contribution is -2.20. The molecule has 0 saturated heterocycles. The van der Waals surface area contributed by atoms with Gasteiger partial charge in [-0.1, -0.05) is 32.9 Å². The SMILES string of the molecule is CC(C)(C)C(=O)c1ccc2ccn(C(=O)O)c2c1. The summed E-state index contributed by atoms with van der Waals surface area (Å²) in [6.07, 6.45) is 0.434. The Hall–Kier alpha value is -2.10. The number of hydrogen-bond donors (Lipinski definition) is 1. The van der Waals surface area contributed by atoms with Crippen LogP contribution in [0.2, 0.25) is 0 Å². The molecule has 0 aliphatic carbocycles. The van der Waals surface area contributed by atoms with E-state index in [9.17, 15) is 9.59 Å². The zero-order valence-corrected chi connectivity index (χ0v) is 10.6. The molecule has 0 fully saturated rings. The number of Topliss-reactive ketones (excluding diaryl/α,β-unsaturated/α-hetero) is 1. The standard InChI is InChI=1S/C14H15NO3/c1-14(2,3)12(16)10-5-4-9-6-7-15(13(17)18)11(9)8-10/h4-8H,1-3H3,(H,17,18). The van der Waals surface area contributed by atoms with Gasteiger partial charge in [0.25, 0.3) is 0 Å². The fraction of sp³-hybridized carbons (Fsp3) is 0.286. The van der Waals surface area contributed by atoms with Crippen LogP contribution in [0.25, 0.3) is 10.9 Å². The summed E-state index contributed by atoms with van der Waals surface area (Å²) in [5.74, 6) is 0.00235. The van der Waals surface area contributed by atoms with E-state index in [0.29, 0.717) is 11.1 Å². The first-order valence-electron chi connectivity index (χ1n) is 5.70. The molecule has 1 aromatic heterocycles. The lowest BCUT2D eigenvalue weighted by Gasteiger charge is -2.16. The average molecular weight is 245 g/mol. The van der Waals surface area contributed by atoms with Crippen LogP contribution in [-0.2, 0) is 0 Å². The van der Waals surface area contributed by atoms with E-state index in [2.05, 4.69) is 0 Å². The number of hydrogen-bond acceptors (Lipinski definition) is 2. The molecule has 1 N–H and O–H groups in total. The second-order valence-corrected chi connectivity index (χ2v) is 5.32. The fourth-order valence-corrected chi connectivity index (χ4v) is 1.87. The Morgan fingerprint density at radius 1 is 1.17 bits per heavy atom. The first kappa shape index (κ1) is 12.4. The van der Waals surface area contributed by atoms with E-state index in [4.69, 9.17) is 5.11 Å². The summed E-state index contributed by atoms with van der Waals surface area (Å²) >= 11 is 0. The van der Waals surface area contributed by atoms with Gasteiger partial charge in [0.15, 0.2) is 5.78 Å². The van der Waals surface area contributed by atoms with E-state index in [1.807, 2.05) is 20.8 Å². The third kappa shape index (κ3) is 2.01. The van der Waals surface area contributed by atoms with Crippen LogP contribution in [0.15, 0.2) is 30.5 Å². The number of ketones is 1. The topological polar surface area (TPSA) is 59.3 Å². The van der Waals surface area contributed by atoms with Gasteiger partial charge in [-0.15, -0.1) is 0 Å². The quantitative estimate of drug-likeness (QED) is 0.783. The number of fused-ring (bicyclic) bond motifs is 1. The highest BCUT2D eigenvalue weighted by Crippen LogP contribution is 2.24. The Kier molecular flexibility index (Phi) is 2.73. The Balaban J connectivity index is 2.59. The predicted molar refractivity (Wildman–Crippen MR) is 69.1 cm³/mol. The van der Waals surface area contributed by atoms with Gasteiger partial charge >= 0.3 is 6.09 Å². The van der Waals surface area contributed by atoms with Gasteiger partial charge in [-0.05, 0) is 12.1 Å². The summed E-state index contributed by atoms with van der Waals surface area (Å²) in [5, 5.41) is 9.85. The van der Waals surface area contributed by atoms with E-state index in [1.54, 1.807) is 24.3 Å². The van der Waals surface area contributed by atoms with Crippen LogP contribution in [0.5, 0.6) is 0 Å². The molecule has 2 aromatic rings. The van der Waals surface area contributed by atoms with Gasteiger partial charge < -0.3 is 5.11 Å². The summed E-state index contributed by atoms with van der Waals surface area (Å²) in [6.45, 7) is 5.53. The summed E-state index contributed by atoms with van der Waals surface area (Å²) in [5.41, 5.74) is 0.600. The van der Waals surface area contributed by atoms with Gasteiger partial charge in [0.2, 0.25) is 0 Å². The first-order chi connectivity index (χ1) is 8.30. The summed E-state index contributed by atoms with van der Waals surface area (Å²) < 4.78 is 1.12. The van der Waals surface area contributed by atoms with Crippen LogP contribution in [0.1, 0.15) is 31.1 Å². The summed E-state index contributed by atoms with van der Waals surface area (Å²) in [7, 11) is 0. The number of nitrogens with zero attached hydrogens (tertiary/aromatic N) is 1. The van der Waals surface area contributed by atoms with Crippen LogP contribution in [0.4, 0.5) is 4.79 Å². The molecule has 0 saturated carbocycles. The normalized spacial score (nSPS) is 11.7. The average Bonchev–Trinajstić information content (AvgIpc) is 2.69. The van der Waals surface area contributed by atoms with Crippen molar-refractivity contribution in [2.75, 3.05) is 0 Å². The third-order valence-corrected chi connectivity index (χ3v) is 2.84. The van der Waals surface area contributed by atoms with Gasteiger partial charge in [-0.2, -0.15) is 0 Å². The lowest BCUT2D eigenvalue weighted by atomic mass is 9.86. The van der Waals surface area contributed by atoms with Crippen molar-refractivity contribution in [3.05, 3.63) is 36.0 Å². The molecule has 0 aliphatic rings. The molecule has 94 valence electrons. The molecule has 18 heavy (non-hydrogen) atoms. The van der Waals surface area contributed by atoms with E-state index in [-0.39, 0.29) is 5.78 Å². The molecule has 0 spiro atoms. The minimum atomic E-state index is -1.05. The molecule has 0 amide bonds. The van der Waals surface area contributed by atoms with Crippen LogP contribution in [0.3, 0.4) is 0 Å². The van der Waals surface area contributed by atoms with E-state index in [1.165, 1.54) is 6.20 Å². The fourth-order valence-electron chi connectivity index (χ4n) is 1.87. The van der Waals surface area contributed by atoms with Crippen molar-refractivity contribution in [1.82, 2.24) is 4.57 Å². The van der Waals surface area contributed by atoms with Gasteiger partial charge in [-0.25, -0.2) is 4.79 Å². The molecular weight excluding hydrogens is 230 g/mol. The Morgan fingerprint density at radius 3 is 2.39 bits per heavy atom. The molecular formula is C14H15NO3. The van der Waals surface area contributed by atoms with Crippen LogP contribution < -0.4 is 0 Å². The van der Waals surface area contributed by atoms with Crippen molar-refractivity contribution in [1.29, 1.82) is 0 Å². The molecule has 2 rings (SSSR count). The van der Waals surface area contributed by atoms with E-state index >= 15 is 0 Å². The number of aromatic nitrogens is 1. The van der Waals surface area contributed by atoms with Crippen LogP contribution in [0, 0.1) is 5.41 Å². The number of carboxylic acid groups (broad SMARTS) is 1. The maximum absolute atomic E-state index is 12.2.